The molecule has 8 heteroatoms. The first kappa shape index (κ1) is 51.0. The zero-order valence-corrected chi connectivity index (χ0v) is 35.1. The number of amides is 1. The molecule has 0 saturated carbocycles. The molecule has 0 aromatic carbocycles. The van der Waals surface area contributed by atoms with Crippen molar-refractivity contribution in [3.63, 3.8) is 0 Å². The summed E-state index contributed by atoms with van der Waals surface area (Å²) in [5.74, 6) is -1.45. The standard InChI is InChI=1S/C44H87NO6S/c1-3-5-7-9-11-13-15-17-19-21-23-25-27-29-31-33-35-37-39-43(47)44(48)45-41(40-52(49,50)51)42(46)38-36-34-32-30-28-26-24-22-20-18-16-14-12-10-8-6-4-2/h21,23,41-43,46-47H,3-20,22,24-40H2,1-2H3,(H,45,48)(H,49,50,51)/b23-21-. The number of hydrogen-bond acceptors (Lipinski definition) is 5. The lowest BCUT2D eigenvalue weighted by Crippen LogP contribution is -2.50. The van der Waals surface area contributed by atoms with Gasteiger partial charge in [0, 0.05) is 0 Å². The van der Waals surface area contributed by atoms with Crippen molar-refractivity contribution in [2.75, 3.05) is 5.75 Å². The topological polar surface area (TPSA) is 124 Å². The molecule has 52 heavy (non-hydrogen) atoms. The van der Waals surface area contributed by atoms with Gasteiger partial charge >= 0.3 is 0 Å². The molecule has 0 aliphatic heterocycles. The lowest BCUT2D eigenvalue weighted by molar-refractivity contribution is -0.131. The summed E-state index contributed by atoms with van der Waals surface area (Å²) in [5, 5.41) is 23.6. The molecule has 0 radical (unpaired) electrons. The molecule has 3 unspecified atom stereocenters. The molecule has 0 saturated heterocycles. The quantitative estimate of drug-likeness (QED) is 0.0280. The van der Waals surface area contributed by atoms with E-state index < -0.39 is 40.0 Å². The van der Waals surface area contributed by atoms with Crippen molar-refractivity contribution in [1.29, 1.82) is 0 Å². The van der Waals surface area contributed by atoms with Gasteiger partial charge in [0.05, 0.1) is 17.9 Å². The molecule has 0 rings (SSSR count). The summed E-state index contributed by atoms with van der Waals surface area (Å²) in [6.45, 7) is 4.53. The minimum atomic E-state index is -4.41. The molecule has 1 amide bonds. The van der Waals surface area contributed by atoms with E-state index in [1.54, 1.807) is 0 Å². The van der Waals surface area contributed by atoms with Crippen LogP contribution in [0.3, 0.4) is 0 Å². The molecule has 0 aliphatic carbocycles. The Morgan fingerprint density at radius 1 is 0.500 bits per heavy atom. The fraction of sp³-hybridized carbons (Fsp3) is 0.932. The second-order valence-electron chi connectivity index (χ2n) is 15.8. The number of aliphatic hydroxyl groups is 2. The summed E-state index contributed by atoms with van der Waals surface area (Å²) in [5.41, 5.74) is 0. The number of aliphatic hydroxyl groups excluding tert-OH is 2. The Morgan fingerprint density at radius 3 is 1.15 bits per heavy atom. The van der Waals surface area contributed by atoms with Crippen LogP contribution in [0, 0.1) is 0 Å². The van der Waals surface area contributed by atoms with Crippen molar-refractivity contribution in [3.05, 3.63) is 12.2 Å². The van der Waals surface area contributed by atoms with Gasteiger partial charge in [-0.15, -0.1) is 0 Å². The van der Waals surface area contributed by atoms with Gasteiger partial charge in [0.2, 0.25) is 5.91 Å². The molecular formula is C44H87NO6S. The SMILES string of the molecule is CCCCCCCCCC/C=C\CCCCCCCCC(O)C(=O)NC(CS(=O)(=O)O)C(O)CCCCCCCCCCCCCCCCCCC. The molecule has 0 bridgehead atoms. The molecule has 3 atom stereocenters. The van der Waals surface area contributed by atoms with Gasteiger partial charge in [-0.1, -0.05) is 212 Å². The number of carbonyl (C=O) groups excluding carboxylic acids is 1. The molecule has 0 heterocycles. The Bertz CT molecular complexity index is 895. The van der Waals surface area contributed by atoms with Crippen molar-refractivity contribution in [1.82, 2.24) is 5.32 Å². The minimum Gasteiger partial charge on any atom is -0.391 e. The van der Waals surface area contributed by atoms with E-state index in [1.165, 1.54) is 154 Å². The lowest BCUT2D eigenvalue weighted by atomic mass is 10.0. The predicted octanol–water partition coefficient (Wildman–Crippen LogP) is 12.3. The summed E-state index contributed by atoms with van der Waals surface area (Å²) >= 11 is 0. The lowest BCUT2D eigenvalue weighted by Gasteiger charge is -2.24. The van der Waals surface area contributed by atoms with Gasteiger partial charge in [-0.3, -0.25) is 9.35 Å². The van der Waals surface area contributed by atoms with Gasteiger partial charge in [-0.2, -0.15) is 8.42 Å². The molecule has 310 valence electrons. The first-order valence-electron chi connectivity index (χ1n) is 22.5. The highest BCUT2D eigenvalue weighted by atomic mass is 32.2. The summed E-state index contributed by atoms with van der Waals surface area (Å²) in [4.78, 5) is 12.6. The third kappa shape index (κ3) is 37.4. The first-order chi connectivity index (χ1) is 25.2. The highest BCUT2D eigenvalue weighted by molar-refractivity contribution is 7.85. The second kappa shape index (κ2) is 38.3. The highest BCUT2D eigenvalue weighted by Crippen LogP contribution is 2.17. The zero-order chi connectivity index (χ0) is 38.4. The summed E-state index contributed by atoms with van der Waals surface area (Å²) in [6.07, 6.45) is 43.7. The maximum atomic E-state index is 12.6. The minimum absolute atomic E-state index is 0.293. The highest BCUT2D eigenvalue weighted by Gasteiger charge is 2.28. The van der Waals surface area contributed by atoms with E-state index in [2.05, 4.69) is 31.3 Å². The fourth-order valence-corrected chi connectivity index (χ4v) is 7.86. The van der Waals surface area contributed by atoms with E-state index in [9.17, 15) is 28.0 Å². The van der Waals surface area contributed by atoms with Crippen LogP contribution in [-0.4, -0.2) is 53.1 Å². The fourth-order valence-electron chi connectivity index (χ4n) is 7.10. The molecule has 7 nitrogen and oxygen atoms in total. The maximum absolute atomic E-state index is 12.6. The number of hydrogen-bond donors (Lipinski definition) is 4. The van der Waals surface area contributed by atoms with E-state index in [4.69, 9.17) is 0 Å². The second-order valence-corrected chi connectivity index (χ2v) is 17.3. The van der Waals surface area contributed by atoms with Gasteiger partial charge in [0.25, 0.3) is 10.1 Å². The van der Waals surface area contributed by atoms with Gasteiger partial charge in [-0.05, 0) is 38.5 Å². The van der Waals surface area contributed by atoms with Crippen LogP contribution in [-0.2, 0) is 14.9 Å². The smallest absolute Gasteiger partial charge is 0.266 e. The average molecular weight is 758 g/mol. The van der Waals surface area contributed by atoms with Gasteiger partial charge in [0.15, 0.2) is 0 Å². The third-order valence-electron chi connectivity index (χ3n) is 10.6. The Morgan fingerprint density at radius 2 is 0.808 bits per heavy atom. The van der Waals surface area contributed by atoms with Crippen molar-refractivity contribution >= 4 is 16.0 Å². The molecule has 0 fully saturated rings. The molecule has 0 aromatic rings. The molecule has 0 aliphatic rings. The van der Waals surface area contributed by atoms with Gasteiger partial charge in [0.1, 0.15) is 6.10 Å². The number of nitrogens with one attached hydrogen (secondary N) is 1. The number of allylic oxidation sites excluding steroid dienone is 2. The van der Waals surface area contributed by atoms with E-state index in [0.29, 0.717) is 19.3 Å². The Labute approximate surface area is 323 Å². The molecule has 0 spiro atoms. The summed E-state index contributed by atoms with van der Waals surface area (Å²) in [7, 11) is -4.41. The maximum Gasteiger partial charge on any atom is 0.266 e. The normalized spacial score (nSPS) is 13.9. The van der Waals surface area contributed by atoms with Crippen LogP contribution in [0.2, 0.25) is 0 Å². The molecular weight excluding hydrogens is 671 g/mol. The van der Waals surface area contributed by atoms with Crippen LogP contribution in [0.4, 0.5) is 0 Å². The largest absolute Gasteiger partial charge is 0.391 e. The average Bonchev–Trinajstić information content (AvgIpc) is 3.11. The number of rotatable bonds is 41. The van der Waals surface area contributed by atoms with E-state index >= 15 is 0 Å². The number of unbranched alkanes of at least 4 members (excludes halogenated alkanes) is 30. The summed E-state index contributed by atoms with van der Waals surface area (Å²) in [6, 6.07) is -1.15. The number of carbonyl (C=O) groups is 1. The van der Waals surface area contributed by atoms with Gasteiger partial charge < -0.3 is 15.5 Å². The Hall–Kier alpha value is -0.960. The van der Waals surface area contributed by atoms with Crippen LogP contribution in [0.1, 0.15) is 239 Å². The Balaban J connectivity index is 3.93. The third-order valence-corrected chi connectivity index (χ3v) is 11.4. The van der Waals surface area contributed by atoms with Crippen LogP contribution in [0.25, 0.3) is 0 Å². The van der Waals surface area contributed by atoms with Crippen LogP contribution in [0.5, 0.6) is 0 Å². The van der Waals surface area contributed by atoms with Crippen molar-refractivity contribution in [3.8, 4) is 0 Å². The molecule has 4 N–H and O–H groups in total. The van der Waals surface area contributed by atoms with Crippen LogP contribution >= 0.6 is 0 Å². The van der Waals surface area contributed by atoms with E-state index in [-0.39, 0.29) is 0 Å². The Kier molecular flexibility index (Phi) is 37.6. The van der Waals surface area contributed by atoms with Crippen molar-refractivity contribution < 1.29 is 28.0 Å². The first-order valence-corrected chi connectivity index (χ1v) is 24.1. The van der Waals surface area contributed by atoms with Crippen LogP contribution in [0.15, 0.2) is 12.2 Å². The van der Waals surface area contributed by atoms with Crippen molar-refractivity contribution in [2.24, 2.45) is 0 Å². The van der Waals surface area contributed by atoms with E-state index in [0.717, 1.165) is 51.4 Å². The van der Waals surface area contributed by atoms with Crippen molar-refractivity contribution in [2.45, 2.75) is 257 Å². The molecule has 0 aromatic heterocycles. The predicted molar refractivity (Wildman–Crippen MR) is 222 cm³/mol. The zero-order valence-electron chi connectivity index (χ0n) is 34.3. The van der Waals surface area contributed by atoms with Gasteiger partial charge in [-0.25, -0.2) is 0 Å². The van der Waals surface area contributed by atoms with E-state index in [1.807, 2.05) is 0 Å². The monoisotopic (exact) mass is 758 g/mol. The summed E-state index contributed by atoms with van der Waals surface area (Å²) < 4.78 is 32.6. The van der Waals surface area contributed by atoms with Crippen LogP contribution < -0.4 is 5.32 Å².